The maximum absolute atomic E-state index is 13.1. The predicted octanol–water partition coefficient (Wildman–Crippen LogP) is 3.25. The molecular weight excluding hydrogens is 593 g/mol. The van der Waals surface area contributed by atoms with Crippen LogP contribution in [0.15, 0.2) is 9.81 Å². The minimum atomic E-state index is -0.272. The first-order chi connectivity index (χ1) is 19.0. The molecule has 0 aromatic heterocycles. The summed E-state index contributed by atoms with van der Waals surface area (Å²) in [4.78, 5) is 57.4. The largest absolute Gasteiger partial charge is 0.464 e. The third-order valence-corrected chi connectivity index (χ3v) is 9.06. The number of ether oxygens (including phenoxy) is 2. The summed E-state index contributed by atoms with van der Waals surface area (Å²) in [7, 11) is 7.68. The molecule has 40 heavy (non-hydrogen) atoms. The fourth-order valence-electron chi connectivity index (χ4n) is 3.72. The van der Waals surface area contributed by atoms with Gasteiger partial charge >= 0.3 is 11.9 Å². The van der Waals surface area contributed by atoms with Gasteiger partial charge in [0, 0.05) is 39.0 Å². The quantitative estimate of drug-likeness (QED) is 0.0960. The number of thioether (sulfide) groups is 2. The first kappa shape index (κ1) is 34.6. The van der Waals surface area contributed by atoms with Gasteiger partial charge in [-0.15, -0.1) is 0 Å². The molecule has 10 nitrogen and oxygen atoms in total. The highest BCUT2D eigenvalue weighted by Crippen LogP contribution is 2.42. The lowest BCUT2D eigenvalue weighted by Gasteiger charge is -2.14. The number of thiocarbonyl (C=S) groups is 2. The van der Waals surface area contributed by atoms with Gasteiger partial charge < -0.3 is 19.3 Å². The van der Waals surface area contributed by atoms with E-state index in [9.17, 15) is 19.2 Å². The Morgan fingerprint density at radius 3 is 1.40 bits per heavy atom. The van der Waals surface area contributed by atoms with Crippen molar-refractivity contribution in [3.63, 3.8) is 0 Å². The smallest absolute Gasteiger partial charge is 0.305 e. The zero-order chi connectivity index (χ0) is 29.7. The van der Waals surface area contributed by atoms with Crippen molar-refractivity contribution >= 4 is 80.4 Å². The Labute approximate surface area is 256 Å². The van der Waals surface area contributed by atoms with Crippen molar-refractivity contribution in [3.05, 3.63) is 9.81 Å². The number of likely N-dealkylation sites (N-methyl/N-ethyl adjacent to an activating group) is 2. The number of rotatable bonds is 18. The Hall–Kier alpha value is -1.58. The first-order valence-electron chi connectivity index (χ1n) is 13.4. The molecule has 2 heterocycles. The minimum Gasteiger partial charge on any atom is -0.464 e. The van der Waals surface area contributed by atoms with Crippen LogP contribution in [0.3, 0.4) is 0 Å². The molecule has 2 aliphatic heterocycles. The Balaban J connectivity index is 1.74. The molecule has 0 radical (unpaired) electrons. The monoisotopic (exact) mass is 632 g/mol. The average Bonchev–Trinajstić information content (AvgIpc) is 3.32. The lowest BCUT2D eigenvalue weighted by molar-refractivity contribution is -0.145. The Bertz CT molecular complexity index is 912. The molecule has 0 aromatic carbocycles. The maximum Gasteiger partial charge on any atom is 0.305 e. The molecule has 2 fully saturated rings. The van der Waals surface area contributed by atoms with Gasteiger partial charge in [0.25, 0.3) is 11.8 Å². The Morgan fingerprint density at radius 1 is 0.675 bits per heavy atom. The van der Waals surface area contributed by atoms with Crippen LogP contribution in [-0.4, -0.2) is 120 Å². The number of unbranched alkanes of at least 4 members (excludes halogenated alkanes) is 4. The van der Waals surface area contributed by atoms with E-state index in [0.29, 0.717) is 96.4 Å². The van der Waals surface area contributed by atoms with Crippen molar-refractivity contribution in [1.29, 1.82) is 0 Å². The molecular formula is C26H40N4O6S4. The fourth-order valence-corrected chi connectivity index (χ4v) is 6.49. The highest BCUT2D eigenvalue weighted by molar-refractivity contribution is 8.29. The van der Waals surface area contributed by atoms with E-state index in [1.807, 2.05) is 38.0 Å². The van der Waals surface area contributed by atoms with Crippen LogP contribution in [-0.2, 0) is 28.7 Å². The third kappa shape index (κ3) is 11.7. The summed E-state index contributed by atoms with van der Waals surface area (Å²) < 4.78 is 11.2. The van der Waals surface area contributed by atoms with Crippen LogP contribution in [0, 0.1) is 0 Å². The maximum atomic E-state index is 13.1. The van der Waals surface area contributed by atoms with Crippen molar-refractivity contribution in [2.75, 3.05) is 67.6 Å². The van der Waals surface area contributed by atoms with Crippen molar-refractivity contribution < 1.29 is 28.7 Å². The SMILES string of the molecule is CN(C)CCOC(=O)CCCCCN1C(=O)C(=C2SC(=S)N(CCCCCC(=O)OCCN(C)C)C2=O)SC1=S. The third-order valence-electron chi connectivity index (χ3n) is 6.03. The topological polar surface area (TPSA) is 99.7 Å². The van der Waals surface area contributed by atoms with E-state index in [-0.39, 0.29) is 23.8 Å². The Morgan fingerprint density at radius 2 is 1.05 bits per heavy atom. The molecule has 0 aliphatic carbocycles. The average molecular weight is 633 g/mol. The second-order valence-electron chi connectivity index (χ2n) is 9.98. The number of hydrogen-bond donors (Lipinski definition) is 0. The predicted molar refractivity (Wildman–Crippen MR) is 167 cm³/mol. The van der Waals surface area contributed by atoms with Crippen molar-refractivity contribution in [3.8, 4) is 0 Å². The normalized spacial score (nSPS) is 17.6. The number of hydrogen-bond acceptors (Lipinski definition) is 12. The van der Waals surface area contributed by atoms with Gasteiger partial charge in [0.05, 0.1) is 9.81 Å². The van der Waals surface area contributed by atoms with Gasteiger partial charge in [-0.25, -0.2) is 0 Å². The molecule has 0 atom stereocenters. The lowest BCUT2D eigenvalue weighted by atomic mass is 10.2. The number of carbonyl (C=O) groups is 4. The first-order valence-corrected chi connectivity index (χ1v) is 15.9. The van der Waals surface area contributed by atoms with Gasteiger partial charge in [0.2, 0.25) is 0 Å². The van der Waals surface area contributed by atoms with Crippen LogP contribution in [0.4, 0.5) is 0 Å². The molecule has 0 aromatic rings. The fraction of sp³-hybridized carbons (Fsp3) is 0.692. The van der Waals surface area contributed by atoms with E-state index in [1.165, 1.54) is 9.80 Å². The van der Waals surface area contributed by atoms with Crippen LogP contribution in [0.2, 0.25) is 0 Å². The van der Waals surface area contributed by atoms with Gasteiger partial charge in [-0.3, -0.25) is 29.0 Å². The summed E-state index contributed by atoms with van der Waals surface area (Å²) >= 11 is 13.1. The van der Waals surface area contributed by atoms with Gasteiger partial charge in [-0.2, -0.15) is 0 Å². The summed E-state index contributed by atoms with van der Waals surface area (Å²) in [6.45, 7) is 3.00. The number of amides is 2. The van der Waals surface area contributed by atoms with Crippen LogP contribution < -0.4 is 0 Å². The summed E-state index contributed by atoms with van der Waals surface area (Å²) in [6, 6.07) is 0. The number of esters is 2. The molecule has 14 heteroatoms. The Kier molecular flexibility index (Phi) is 15.6. The second kappa shape index (κ2) is 18.1. The molecule has 0 saturated carbocycles. The molecule has 0 spiro atoms. The van der Waals surface area contributed by atoms with E-state index < -0.39 is 0 Å². The van der Waals surface area contributed by atoms with Crippen LogP contribution in [0.5, 0.6) is 0 Å². The summed E-state index contributed by atoms with van der Waals surface area (Å²) in [5.41, 5.74) is 0. The van der Waals surface area contributed by atoms with Crippen molar-refractivity contribution in [1.82, 2.24) is 19.6 Å². The van der Waals surface area contributed by atoms with Crippen LogP contribution in [0.25, 0.3) is 0 Å². The van der Waals surface area contributed by atoms with Crippen molar-refractivity contribution in [2.24, 2.45) is 0 Å². The number of carbonyl (C=O) groups excluding carboxylic acids is 4. The molecule has 2 rings (SSSR count). The van der Waals surface area contributed by atoms with Gasteiger partial charge in [-0.1, -0.05) is 60.8 Å². The summed E-state index contributed by atoms with van der Waals surface area (Å²) in [6.07, 6.45) is 4.92. The zero-order valence-corrected chi connectivity index (χ0v) is 27.0. The second-order valence-corrected chi connectivity index (χ2v) is 13.3. The molecule has 2 aliphatic rings. The van der Waals surface area contributed by atoms with Gasteiger partial charge in [-0.05, 0) is 53.9 Å². The van der Waals surface area contributed by atoms with E-state index >= 15 is 0 Å². The highest BCUT2D eigenvalue weighted by Gasteiger charge is 2.41. The summed E-state index contributed by atoms with van der Waals surface area (Å²) in [5.74, 6) is -0.974. The van der Waals surface area contributed by atoms with E-state index in [0.717, 1.165) is 36.4 Å². The highest BCUT2D eigenvalue weighted by atomic mass is 32.2. The van der Waals surface area contributed by atoms with Crippen LogP contribution >= 0.6 is 48.0 Å². The standard InChI is InChI=1S/C26H40N4O6S4/c1-27(2)15-17-35-19(31)11-7-5-9-13-29-23(33)21(39-25(29)37)22-24(34)30(26(38)40-22)14-10-6-8-12-20(32)36-18-16-28(3)4/h5-18H2,1-4H3. The molecule has 2 amide bonds. The van der Waals surface area contributed by atoms with E-state index in [1.54, 1.807) is 0 Å². The minimum absolute atomic E-state index is 0.215. The van der Waals surface area contributed by atoms with Crippen molar-refractivity contribution in [2.45, 2.75) is 51.4 Å². The number of nitrogens with zero attached hydrogens (tertiary/aromatic N) is 4. The molecule has 0 unspecified atom stereocenters. The zero-order valence-electron chi connectivity index (χ0n) is 23.8. The van der Waals surface area contributed by atoms with Gasteiger partial charge in [0.1, 0.15) is 21.9 Å². The van der Waals surface area contributed by atoms with Gasteiger partial charge in [0.15, 0.2) is 0 Å². The summed E-state index contributed by atoms with van der Waals surface area (Å²) in [5, 5.41) is 0. The molecule has 0 bridgehead atoms. The molecule has 224 valence electrons. The van der Waals surface area contributed by atoms with E-state index in [4.69, 9.17) is 33.9 Å². The van der Waals surface area contributed by atoms with Crippen LogP contribution in [0.1, 0.15) is 51.4 Å². The molecule has 0 N–H and O–H groups in total. The lowest BCUT2D eigenvalue weighted by Crippen LogP contribution is -2.31. The molecule has 2 saturated heterocycles. The van der Waals surface area contributed by atoms with E-state index in [2.05, 4.69) is 0 Å².